The molecular formula is C20H24O4. The second-order valence-electron chi connectivity index (χ2n) is 5.97. The predicted molar refractivity (Wildman–Crippen MR) is 97.0 cm³/mol. The molecule has 0 unspecified atom stereocenters. The highest BCUT2D eigenvalue weighted by Gasteiger charge is 2.08. The summed E-state index contributed by atoms with van der Waals surface area (Å²) >= 11 is 0. The van der Waals surface area contributed by atoms with Gasteiger partial charge in [-0.15, -0.1) is 0 Å². The molecule has 0 aliphatic heterocycles. The van der Waals surface area contributed by atoms with Gasteiger partial charge in [0.1, 0.15) is 23.7 Å². The standard InChI is InChI=1S/C20H24O4/c1-14(2)6-5-7-15(3)10-11-23-18-12-16(22-4)13-19-17(18)8-9-20(21)24-19/h6,8-10,12-13H,5,7,11H2,1-4H3. The fourth-order valence-corrected chi connectivity index (χ4v) is 2.32. The molecule has 1 heterocycles. The predicted octanol–water partition coefficient (Wildman–Crippen LogP) is 4.87. The van der Waals surface area contributed by atoms with Gasteiger partial charge in [0.15, 0.2) is 0 Å². The van der Waals surface area contributed by atoms with E-state index in [2.05, 4.69) is 32.9 Å². The van der Waals surface area contributed by atoms with E-state index in [1.165, 1.54) is 17.2 Å². The van der Waals surface area contributed by atoms with E-state index in [9.17, 15) is 4.79 Å². The van der Waals surface area contributed by atoms with Gasteiger partial charge in [-0.3, -0.25) is 0 Å². The minimum Gasteiger partial charge on any atom is -0.496 e. The van der Waals surface area contributed by atoms with Crippen molar-refractivity contribution in [3.63, 3.8) is 0 Å². The number of fused-ring (bicyclic) bond motifs is 1. The second-order valence-corrected chi connectivity index (χ2v) is 5.97. The van der Waals surface area contributed by atoms with Crippen LogP contribution in [0.15, 0.2) is 56.8 Å². The maximum absolute atomic E-state index is 11.4. The molecule has 0 atom stereocenters. The normalized spacial score (nSPS) is 11.4. The third-order valence-corrected chi connectivity index (χ3v) is 3.67. The first kappa shape index (κ1) is 17.9. The zero-order chi connectivity index (χ0) is 17.5. The molecule has 2 rings (SSSR count). The lowest BCUT2D eigenvalue weighted by Gasteiger charge is -2.10. The van der Waals surface area contributed by atoms with Crippen LogP contribution in [0, 0.1) is 0 Å². The summed E-state index contributed by atoms with van der Waals surface area (Å²) in [5.74, 6) is 1.23. The highest BCUT2D eigenvalue weighted by atomic mass is 16.5. The molecule has 4 heteroatoms. The maximum Gasteiger partial charge on any atom is 0.336 e. The number of methoxy groups -OCH3 is 1. The summed E-state index contributed by atoms with van der Waals surface area (Å²) in [5.41, 5.74) is 2.69. The van der Waals surface area contributed by atoms with Crippen LogP contribution in [-0.4, -0.2) is 13.7 Å². The summed E-state index contributed by atoms with van der Waals surface area (Å²) in [7, 11) is 1.57. The Morgan fingerprint density at radius 2 is 1.96 bits per heavy atom. The molecule has 0 fully saturated rings. The molecule has 1 aromatic heterocycles. The Hall–Kier alpha value is -2.49. The SMILES string of the molecule is COc1cc(OCC=C(C)CCC=C(C)C)c2ccc(=O)oc2c1. The van der Waals surface area contributed by atoms with Crippen molar-refractivity contribution in [1.82, 2.24) is 0 Å². The maximum atomic E-state index is 11.4. The Morgan fingerprint density at radius 1 is 1.17 bits per heavy atom. The van der Waals surface area contributed by atoms with Crippen LogP contribution in [0.2, 0.25) is 0 Å². The quantitative estimate of drug-likeness (QED) is 0.537. The Balaban J connectivity index is 2.12. The minimum atomic E-state index is -0.392. The van der Waals surface area contributed by atoms with E-state index in [-0.39, 0.29) is 0 Å². The van der Waals surface area contributed by atoms with Gasteiger partial charge >= 0.3 is 5.63 Å². The molecule has 2 aromatic rings. The highest BCUT2D eigenvalue weighted by Crippen LogP contribution is 2.30. The van der Waals surface area contributed by atoms with Crippen molar-refractivity contribution < 1.29 is 13.9 Å². The number of hydrogen-bond donors (Lipinski definition) is 0. The van der Waals surface area contributed by atoms with Crippen LogP contribution in [0.4, 0.5) is 0 Å². The van der Waals surface area contributed by atoms with E-state index < -0.39 is 5.63 Å². The third-order valence-electron chi connectivity index (χ3n) is 3.67. The first-order chi connectivity index (χ1) is 11.5. The second kappa shape index (κ2) is 8.39. The summed E-state index contributed by atoms with van der Waals surface area (Å²) in [6, 6.07) is 6.59. The minimum absolute atomic E-state index is 0.392. The lowest BCUT2D eigenvalue weighted by Crippen LogP contribution is -1.99. The molecule has 0 radical (unpaired) electrons. The van der Waals surface area contributed by atoms with Gasteiger partial charge in [0.25, 0.3) is 0 Å². The fraction of sp³-hybridized carbons (Fsp3) is 0.350. The lowest BCUT2D eigenvalue weighted by molar-refractivity contribution is 0.359. The topological polar surface area (TPSA) is 48.7 Å². The number of allylic oxidation sites excluding steroid dienone is 3. The number of hydrogen-bond acceptors (Lipinski definition) is 4. The van der Waals surface area contributed by atoms with Crippen molar-refractivity contribution in [3.8, 4) is 11.5 Å². The third kappa shape index (κ3) is 5.01. The Bertz CT molecular complexity index is 808. The Kier molecular flexibility index (Phi) is 6.24. The van der Waals surface area contributed by atoms with Crippen LogP contribution in [0.5, 0.6) is 11.5 Å². The number of benzene rings is 1. The summed E-state index contributed by atoms with van der Waals surface area (Å²) in [6.45, 7) is 6.77. The fourth-order valence-electron chi connectivity index (χ4n) is 2.32. The molecule has 0 saturated carbocycles. The smallest absolute Gasteiger partial charge is 0.336 e. The first-order valence-electron chi connectivity index (χ1n) is 8.03. The molecule has 0 bridgehead atoms. The summed E-state index contributed by atoms with van der Waals surface area (Å²) in [4.78, 5) is 11.4. The zero-order valence-corrected chi connectivity index (χ0v) is 14.7. The Labute approximate surface area is 142 Å². The van der Waals surface area contributed by atoms with E-state index >= 15 is 0 Å². The van der Waals surface area contributed by atoms with Crippen molar-refractivity contribution in [3.05, 3.63) is 58.0 Å². The van der Waals surface area contributed by atoms with E-state index in [1.54, 1.807) is 25.3 Å². The van der Waals surface area contributed by atoms with E-state index in [0.717, 1.165) is 18.2 Å². The van der Waals surface area contributed by atoms with Crippen molar-refractivity contribution in [2.75, 3.05) is 13.7 Å². The number of rotatable bonds is 7. The van der Waals surface area contributed by atoms with Gasteiger partial charge in [-0.1, -0.05) is 17.2 Å². The molecule has 0 amide bonds. The van der Waals surface area contributed by atoms with E-state index in [0.29, 0.717) is 23.7 Å². The number of ether oxygens (including phenoxy) is 2. The van der Waals surface area contributed by atoms with Gasteiger partial charge in [-0.05, 0) is 45.8 Å². The van der Waals surface area contributed by atoms with Gasteiger partial charge in [0.2, 0.25) is 0 Å². The molecule has 0 spiro atoms. The molecule has 0 N–H and O–H groups in total. The van der Waals surface area contributed by atoms with Crippen LogP contribution in [0.1, 0.15) is 33.6 Å². The van der Waals surface area contributed by atoms with E-state index in [4.69, 9.17) is 13.9 Å². The van der Waals surface area contributed by atoms with Crippen LogP contribution in [-0.2, 0) is 0 Å². The lowest BCUT2D eigenvalue weighted by atomic mass is 10.1. The van der Waals surface area contributed by atoms with Crippen LogP contribution in [0.3, 0.4) is 0 Å². The molecule has 0 aliphatic carbocycles. The van der Waals surface area contributed by atoms with Crippen molar-refractivity contribution in [2.45, 2.75) is 33.6 Å². The van der Waals surface area contributed by atoms with Gasteiger partial charge in [-0.25, -0.2) is 4.79 Å². The van der Waals surface area contributed by atoms with Crippen molar-refractivity contribution in [2.24, 2.45) is 0 Å². The zero-order valence-electron chi connectivity index (χ0n) is 14.7. The van der Waals surface area contributed by atoms with Gasteiger partial charge in [0, 0.05) is 18.2 Å². The molecule has 1 aromatic carbocycles. The van der Waals surface area contributed by atoms with Gasteiger partial charge in [-0.2, -0.15) is 0 Å². The molecule has 128 valence electrons. The first-order valence-corrected chi connectivity index (χ1v) is 8.03. The molecule has 4 nitrogen and oxygen atoms in total. The van der Waals surface area contributed by atoms with Crippen molar-refractivity contribution >= 4 is 11.0 Å². The van der Waals surface area contributed by atoms with Gasteiger partial charge < -0.3 is 13.9 Å². The van der Waals surface area contributed by atoms with Crippen molar-refractivity contribution in [1.29, 1.82) is 0 Å². The summed E-state index contributed by atoms with van der Waals surface area (Å²) < 4.78 is 16.3. The molecule has 24 heavy (non-hydrogen) atoms. The molecule has 0 saturated heterocycles. The molecule has 0 aliphatic rings. The van der Waals surface area contributed by atoms with Gasteiger partial charge in [0.05, 0.1) is 12.5 Å². The van der Waals surface area contributed by atoms with Crippen LogP contribution < -0.4 is 15.1 Å². The summed E-state index contributed by atoms with van der Waals surface area (Å²) in [5, 5.41) is 0.756. The molecular weight excluding hydrogens is 304 g/mol. The largest absolute Gasteiger partial charge is 0.496 e. The summed E-state index contributed by atoms with van der Waals surface area (Å²) in [6.07, 6.45) is 6.36. The average Bonchev–Trinajstić information content (AvgIpc) is 2.53. The monoisotopic (exact) mass is 328 g/mol. The average molecular weight is 328 g/mol. The van der Waals surface area contributed by atoms with Crippen LogP contribution in [0.25, 0.3) is 11.0 Å². The highest BCUT2D eigenvalue weighted by molar-refractivity contribution is 5.85. The van der Waals surface area contributed by atoms with Crippen LogP contribution >= 0.6 is 0 Å². The van der Waals surface area contributed by atoms with E-state index in [1.807, 2.05) is 0 Å². The Morgan fingerprint density at radius 3 is 2.67 bits per heavy atom.